The van der Waals surface area contributed by atoms with Gasteiger partial charge < -0.3 is 14.7 Å². The minimum absolute atomic E-state index is 0.0379. The van der Waals surface area contributed by atoms with Gasteiger partial charge in [0.15, 0.2) is 16.7 Å². The van der Waals surface area contributed by atoms with Gasteiger partial charge in [-0.05, 0) is 42.7 Å². The molecule has 0 radical (unpaired) electrons. The Labute approximate surface area is 140 Å². The summed E-state index contributed by atoms with van der Waals surface area (Å²) in [7, 11) is 1.50. The van der Waals surface area contributed by atoms with E-state index in [4.69, 9.17) is 4.74 Å². The van der Waals surface area contributed by atoms with Gasteiger partial charge >= 0.3 is 0 Å². The summed E-state index contributed by atoms with van der Waals surface area (Å²) in [5.41, 5.74) is 0.559. The highest BCUT2D eigenvalue weighted by atomic mass is 32.2. The standard InChI is InChI=1S/C17H20N2O3S/c1-11-5-4-8-19(10-11)17-18-16(21)14(23-17)9-12-6-3-7-13(22-2)15(12)20/h3,6-7,9,11,20H,4-5,8,10H2,1-2H3/b14-9-/t11-/m1/s1. The van der Waals surface area contributed by atoms with E-state index in [2.05, 4.69) is 16.8 Å². The number of rotatable bonds is 2. The second kappa shape index (κ2) is 6.66. The third-order valence-corrected chi connectivity index (χ3v) is 5.12. The van der Waals surface area contributed by atoms with Crippen LogP contribution in [0.2, 0.25) is 0 Å². The van der Waals surface area contributed by atoms with E-state index in [-0.39, 0.29) is 11.7 Å². The zero-order chi connectivity index (χ0) is 16.4. The van der Waals surface area contributed by atoms with Crippen LogP contribution in [0.15, 0.2) is 28.1 Å². The number of benzene rings is 1. The first-order valence-corrected chi connectivity index (χ1v) is 8.53. The summed E-state index contributed by atoms with van der Waals surface area (Å²) in [6.07, 6.45) is 4.03. The normalized spacial score (nSPS) is 23.3. The molecule has 23 heavy (non-hydrogen) atoms. The molecule has 6 heteroatoms. The van der Waals surface area contributed by atoms with Crippen LogP contribution in [0.25, 0.3) is 6.08 Å². The minimum Gasteiger partial charge on any atom is -0.504 e. The maximum Gasteiger partial charge on any atom is 0.286 e. The lowest BCUT2D eigenvalue weighted by atomic mass is 10.0. The zero-order valence-electron chi connectivity index (χ0n) is 13.3. The number of phenolic OH excluding ortho intramolecular Hbond substituents is 1. The molecule has 3 rings (SSSR count). The van der Waals surface area contributed by atoms with E-state index in [1.54, 1.807) is 24.3 Å². The molecular formula is C17H20N2O3S. The molecule has 0 aliphatic carbocycles. The molecule has 2 aliphatic heterocycles. The number of phenols is 1. The number of piperidine rings is 1. The summed E-state index contributed by atoms with van der Waals surface area (Å²) in [6.45, 7) is 4.11. The summed E-state index contributed by atoms with van der Waals surface area (Å²) in [6, 6.07) is 5.21. The van der Waals surface area contributed by atoms with Crippen LogP contribution in [0.5, 0.6) is 11.5 Å². The summed E-state index contributed by atoms with van der Waals surface area (Å²) in [5.74, 6) is 0.805. The first-order valence-electron chi connectivity index (χ1n) is 7.72. The molecule has 122 valence electrons. The number of methoxy groups -OCH3 is 1. The number of aromatic hydroxyl groups is 1. The molecule has 1 aromatic carbocycles. The number of carbonyl (C=O) groups is 1. The average molecular weight is 332 g/mol. The van der Waals surface area contributed by atoms with Crippen molar-refractivity contribution in [1.29, 1.82) is 0 Å². The van der Waals surface area contributed by atoms with Gasteiger partial charge in [0.1, 0.15) is 0 Å². The molecule has 1 N–H and O–H groups in total. The van der Waals surface area contributed by atoms with Crippen LogP contribution in [0.3, 0.4) is 0 Å². The maximum absolute atomic E-state index is 12.2. The third kappa shape index (κ3) is 3.37. The van der Waals surface area contributed by atoms with Crippen molar-refractivity contribution in [3.8, 4) is 11.5 Å². The first kappa shape index (κ1) is 15.9. The Morgan fingerprint density at radius 1 is 1.48 bits per heavy atom. The van der Waals surface area contributed by atoms with Gasteiger partial charge in [0, 0.05) is 18.7 Å². The van der Waals surface area contributed by atoms with Crippen LogP contribution in [0.4, 0.5) is 0 Å². The predicted molar refractivity (Wildman–Crippen MR) is 92.6 cm³/mol. The molecular weight excluding hydrogens is 312 g/mol. The van der Waals surface area contributed by atoms with Gasteiger partial charge in [-0.25, -0.2) is 0 Å². The SMILES string of the molecule is COc1cccc(/C=C2\SC(N3CCC[C@@H](C)C3)=NC2=O)c1O. The van der Waals surface area contributed by atoms with E-state index in [0.29, 0.717) is 22.1 Å². The molecule has 1 amide bonds. The van der Waals surface area contributed by atoms with Gasteiger partial charge in [-0.3, -0.25) is 4.79 Å². The average Bonchev–Trinajstić information content (AvgIpc) is 2.90. The molecule has 2 heterocycles. The Bertz CT molecular complexity index is 684. The van der Waals surface area contributed by atoms with E-state index >= 15 is 0 Å². The largest absolute Gasteiger partial charge is 0.504 e. The van der Waals surface area contributed by atoms with Gasteiger partial charge in [-0.2, -0.15) is 4.99 Å². The number of para-hydroxylation sites is 1. The number of ether oxygens (including phenoxy) is 1. The van der Waals surface area contributed by atoms with Gasteiger partial charge in [-0.1, -0.05) is 19.1 Å². The van der Waals surface area contributed by atoms with Crippen LogP contribution >= 0.6 is 11.8 Å². The van der Waals surface area contributed by atoms with Gasteiger partial charge in [-0.15, -0.1) is 0 Å². The smallest absolute Gasteiger partial charge is 0.286 e. The lowest BCUT2D eigenvalue weighted by molar-refractivity contribution is -0.113. The van der Waals surface area contributed by atoms with Crippen LogP contribution in [-0.2, 0) is 4.79 Å². The lowest BCUT2D eigenvalue weighted by Gasteiger charge is -2.31. The molecule has 1 atom stereocenters. The maximum atomic E-state index is 12.2. The Hall–Kier alpha value is -1.95. The quantitative estimate of drug-likeness (QED) is 0.843. The Morgan fingerprint density at radius 3 is 3.04 bits per heavy atom. The van der Waals surface area contributed by atoms with E-state index in [9.17, 15) is 9.90 Å². The summed E-state index contributed by atoms with van der Waals surface area (Å²) in [4.78, 5) is 19.1. The first-order chi connectivity index (χ1) is 11.1. The summed E-state index contributed by atoms with van der Waals surface area (Å²) in [5, 5.41) is 10.9. The molecule has 0 spiro atoms. The number of hydrogen-bond acceptors (Lipinski definition) is 5. The number of nitrogens with zero attached hydrogens (tertiary/aromatic N) is 2. The molecule has 0 saturated carbocycles. The highest BCUT2D eigenvalue weighted by molar-refractivity contribution is 8.18. The second-order valence-electron chi connectivity index (χ2n) is 5.90. The van der Waals surface area contributed by atoms with Crippen LogP contribution in [0, 0.1) is 5.92 Å². The monoisotopic (exact) mass is 332 g/mol. The molecule has 1 saturated heterocycles. The summed E-state index contributed by atoms with van der Waals surface area (Å²) < 4.78 is 5.10. The van der Waals surface area contributed by atoms with Crippen molar-refractivity contribution < 1.29 is 14.6 Å². The second-order valence-corrected chi connectivity index (χ2v) is 6.91. The van der Waals surface area contributed by atoms with Crippen molar-refractivity contribution in [2.75, 3.05) is 20.2 Å². The van der Waals surface area contributed by atoms with Crippen molar-refractivity contribution in [2.45, 2.75) is 19.8 Å². The van der Waals surface area contributed by atoms with Crippen LogP contribution in [0.1, 0.15) is 25.3 Å². The fourth-order valence-corrected chi connectivity index (χ4v) is 3.80. The van der Waals surface area contributed by atoms with E-state index in [0.717, 1.165) is 24.7 Å². The number of hydrogen-bond donors (Lipinski definition) is 1. The van der Waals surface area contributed by atoms with Crippen LogP contribution in [-0.4, -0.2) is 41.3 Å². The van der Waals surface area contributed by atoms with E-state index in [1.807, 2.05) is 0 Å². The van der Waals surface area contributed by atoms with Crippen molar-refractivity contribution >= 4 is 28.9 Å². The van der Waals surface area contributed by atoms with Crippen molar-refractivity contribution in [2.24, 2.45) is 10.9 Å². The van der Waals surface area contributed by atoms with E-state index in [1.165, 1.54) is 25.3 Å². The number of amidine groups is 1. The van der Waals surface area contributed by atoms with Crippen LogP contribution < -0.4 is 4.74 Å². The van der Waals surface area contributed by atoms with Gasteiger partial charge in [0.2, 0.25) is 0 Å². The topological polar surface area (TPSA) is 62.1 Å². The number of thioether (sulfide) groups is 1. The number of aliphatic imine (C=N–C) groups is 1. The number of amides is 1. The highest BCUT2D eigenvalue weighted by Gasteiger charge is 2.28. The Balaban J connectivity index is 1.80. The molecule has 5 nitrogen and oxygen atoms in total. The Kier molecular flexibility index (Phi) is 4.61. The fourth-order valence-electron chi connectivity index (χ4n) is 2.86. The highest BCUT2D eigenvalue weighted by Crippen LogP contribution is 2.36. The fraction of sp³-hybridized carbons (Fsp3) is 0.412. The molecule has 0 aromatic heterocycles. The molecule has 1 aromatic rings. The molecule has 0 unspecified atom stereocenters. The Morgan fingerprint density at radius 2 is 2.30 bits per heavy atom. The lowest BCUT2D eigenvalue weighted by Crippen LogP contribution is -2.37. The zero-order valence-corrected chi connectivity index (χ0v) is 14.1. The molecule has 2 aliphatic rings. The van der Waals surface area contributed by atoms with Crippen molar-refractivity contribution in [1.82, 2.24) is 4.90 Å². The number of likely N-dealkylation sites (tertiary alicyclic amines) is 1. The van der Waals surface area contributed by atoms with Gasteiger partial charge in [0.05, 0.1) is 12.0 Å². The molecule has 1 fully saturated rings. The minimum atomic E-state index is -0.245. The predicted octanol–water partition coefficient (Wildman–Crippen LogP) is 3.10. The molecule has 0 bridgehead atoms. The van der Waals surface area contributed by atoms with Gasteiger partial charge in [0.25, 0.3) is 5.91 Å². The van der Waals surface area contributed by atoms with E-state index < -0.39 is 0 Å². The number of carbonyl (C=O) groups excluding carboxylic acids is 1. The van der Waals surface area contributed by atoms with Crippen molar-refractivity contribution in [3.63, 3.8) is 0 Å². The third-order valence-electron chi connectivity index (χ3n) is 4.07. The van der Waals surface area contributed by atoms with Crippen molar-refractivity contribution in [3.05, 3.63) is 28.7 Å². The summed E-state index contributed by atoms with van der Waals surface area (Å²) >= 11 is 1.38.